The van der Waals surface area contributed by atoms with Gasteiger partial charge in [0.1, 0.15) is 0 Å². The molecule has 0 spiro atoms. The molecule has 0 radical (unpaired) electrons. The molecule has 2 aromatic rings. The minimum atomic E-state index is -3.26. The van der Waals surface area contributed by atoms with Crippen LogP contribution in [0.25, 0.3) is 0 Å². The summed E-state index contributed by atoms with van der Waals surface area (Å²) in [6.45, 7) is 9.15. The van der Waals surface area contributed by atoms with Crippen molar-refractivity contribution in [1.29, 1.82) is 0 Å². The van der Waals surface area contributed by atoms with Gasteiger partial charge in [0.2, 0.25) is 10.0 Å². The number of hydrogen-bond acceptors (Lipinski definition) is 6. The minimum Gasteiger partial charge on any atom is -0.478 e. The van der Waals surface area contributed by atoms with Crippen LogP contribution in [0.1, 0.15) is 19.4 Å². The molecule has 186 valence electrons. The van der Waals surface area contributed by atoms with Crippen molar-refractivity contribution in [3.8, 4) is 0 Å². The van der Waals surface area contributed by atoms with Gasteiger partial charge in [-0.1, -0.05) is 44.2 Å². The molecule has 34 heavy (non-hydrogen) atoms. The van der Waals surface area contributed by atoms with Crippen LogP contribution in [0.4, 0.5) is 11.4 Å². The van der Waals surface area contributed by atoms with E-state index < -0.39 is 22.0 Å². The predicted octanol–water partition coefficient (Wildman–Crippen LogP) is 3.12. The van der Waals surface area contributed by atoms with Crippen LogP contribution in [0.15, 0.2) is 66.7 Å². The molecule has 0 heterocycles. The third-order valence-electron chi connectivity index (χ3n) is 4.70. The molecule has 0 atom stereocenters. The average Bonchev–Trinajstić information content (AvgIpc) is 2.78. The number of likely N-dealkylation sites (N-methyl/N-ethyl adjacent to an activating group) is 1. The summed E-state index contributed by atoms with van der Waals surface area (Å²) in [7, 11) is -3.26. The maximum Gasteiger partial charge on any atom is 0.328 e. The SMILES string of the molecule is CCN(CC)CCN(Cc1ccccc1)c1ccc(NS(C)(=O)=O)cc1.O=C(O)/C=C/C(=O)O. The lowest BCUT2D eigenvalue weighted by Gasteiger charge is -2.28. The van der Waals surface area contributed by atoms with Gasteiger partial charge in [0.25, 0.3) is 0 Å². The second-order valence-electron chi connectivity index (χ2n) is 7.36. The van der Waals surface area contributed by atoms with E-state index in [0.717, 1.165) is 44.7 Å². The van der Waals surface area contributed by atoms with Gasteiger partial charge in [-0.25, -0.2) is 18.0 Å². The molecule has 0 aliphatic carbocycles. The number of carboxylic acids is 2. The molecule has 0 amide bonds. The van der Waals surface area contributed by atoms with Crippen LogP contribution in [0, 0.1) is 0 Å². The molecule has 3 N–H and O–H groups in total. The number of nitrogens with zero attached hydrogens (tertiary/aromatic N) is 2. The third-order valence-corrected chi connectivity index (χ3v) is 5.31. The van der Waals surface area contributed by atoms with Crippen molar-refractivity contribution in [3.05, 3.63) is 72.3 Å². The lowest BCUT2D eigenvalue weighted by Crippen LogP contribution is -2.34. The number of benzene rings is 2. The second kappa shape index (κ2) is 14.7. The molecule has 0 saturated heterocycles. The summed E-state index contributed by atoms with van der Waals surface area (Å²) in [6, 6.07) is 18.0. The van der Waals surface area contributed by atoms with Crippen molar-refractivity contribution < 1.29 is 28.2 Å². The standard InChI is InChI=1S/C20H29N3O2S.C4H4O4/c1-4-22(5-2)15-16-23(17-18-9-7-6-8-10-18)20-13-11-19(12-14-20)21-26(3,24)25;5-3(6)1-2-4(7)8/h6-14,21H,4-5,15-17H2,1-3H3;1-2H,(H,5,6)(H,7,8)/b;2-1+. The van der Waals surface area contributed by atoms with Crippen molar-refractivity contribution >= 4 is 33.3 Å². The van der Waals surface area contributed by atoms with Gasteiger partial charge in [-0.3, -0.25) is 4.72 Å². The lowest BCUT2D eigenvalue weighted by molar-refractivity contribution is -0.134. The third kappa shape index (κ3) is 12.6. The average molecular weight is 492 g/mol. The summed E-state index contributed by atoms with van der Waals surface area (Å²) in [5.41, 5.74) is 2.92. The first-order valence-electron chi connectivity index (χ1n) is 10.8. The van der Waals surface area contributed by atoms with E-state index in [1.54, 1.807) is 0 Å². The van der Waals surface area contributed by atoms with Gasteiger partial charge in [0, 0.05) is 43.2 Å². The number of nitrogens with one attached hydrogen (secondary N) is 1. The summed E-state index contributed by atoms with van der Waals surface area (Å²) in [6.07, 6.45) is 2.28. The zero-order chi connectivity index (χ0) is 25.6. The molecule has 2 rings (SSSR count). The van der Waals surface area contributed by atoms with Gasteiger partial charge in [-0.2, -0.15) is 0 Å². The first-order chi connectivity index (χ1) is 16.0. The van der Waals surface area contributed by atoms with Gasteiger partial charge >= 0.3 is 11.9 Å². The van der Waals surface area contributed by atoms with E-state index >= 15 is 0 Å². The Morgan fingerprint density at radius 2 is 1.41 bits per heavy atom. The molecule has 10 heteroatoms. The van der Waals surface area contributed by atoms with E-state index in [9.17, 15) is 18.0 Å². The quantitative estimate of drug-likeness (QED) is 0.387. The van der Waals surface area contributed by atoms with Crippen LogP contribution < -0.4 is 9.62 Å². The molecule has 0 aromatic heterocycles. The van der Waals surface area contributed by atoms with Gasteiger partial charge in [-0.15, -0.1) is 0 Å². The fourth-order valence-corrected chi connectivity index (χ4v) is 3.57. The van der Waals surface area contributed by atoms with Crippen molar-refractivity contribution in [1.82, 2.24) is 4.90 Å². The van der Waals surface area contributed by atoms with Gasteiger partial charge in [0.15, 0.2) is 0 Å². The molecule has 9 nitrogen and oxygen atoms in total. The molecule has 0 bridgehead atoms. The van der Waals surface area contributed by atoms with Crippen LogP contribution in [0.5, 0.6) is 0 Å². The van der Waals surface area contributed by atoms with Crippen molar-refractivity contribution in [2.75, 3.05) is 42.1 Å². The van der Waals surface area contributed by atoms with Crippen molar-refractivity contribution in [2.45, 2.75) is 20.4 Å². The lowest BCUT2D eigenvalue weighted by atomic mass is 10.2. The Kier molecular flexibility index (Phi) is 12.4. The number of sulfonamides is 1. The zero-order valence-corrected chi connectivity index (χ0v) is 20.5. The van der Waals surface area contributed by atoms with Crippen LogP contribution in [-0.4, -0.2) is 67.9 Å². The Labute approximate surface area is 201 Å². The number of aliphatic carboxylic acids is 2. The fourth-order valence-electron chi connectivity index (χ4n) is 3.00. The minimum absolute atomic E-state index is 0.558. The normalized spacial score (nSPS) is 11.1. The molecule has 0 unspecified atom stereocenters. The van der Waals surface area contributed by atoms with E-state index in [1.165, 1.54) is 5.56 Å². The van der Waals surface area contributed by atoms with E-state index in [-0.39, 0.29) is 0 Å². The van der Waals surface area contributed by atoms with Crippen LogP contribution in [0.3, 0.4) is 0 Å². The molecular weight excluding hydrogens is 458 g/mol. The Bertz CT molecular complexity index is 1000. The molecule has 0 fully saturated rings. The van der Waals surface area contributed by atoms with Gasteiger partial charge in [-0.05, 0) is 42.9 Å². The maximum absolute atomic E-state index is 11.4. The Hall–Kier alpha value is -3.37. The predicted molar refractivity (Wildman–Crippen MR) is 135 cm³/mol. The number of rotatable bonds is 12. The number of anilines is 2. The topological polar surface area (TPSA) is 127 Å². The van der Waals surface area contributed by atoms with Crippen molar-refractivity contribution in [3.63, 3.8) is 0 Å². The van der Waals surface area contributed by atoms with E-state index in [2.05, 4.69) is 52.6 Å². The summed E-state index contributed by atoms with van der Waals surface area (Å²) >= 11 is 0. The highest BCUT2D eigenvalue weighted by molar-refractivity contribution is 7.92. The monoisotopic (exact) mass is 491 g/mol. The fraction of sp³-hybridized carbons (Fsp3) is 0.333. The summed E-state index contributed by atoms with van der Waals surface area (Å²) in [5, 5.41) is 15.6. The number of carbonyl (C=O) groups is 2. The summed E-state index contributed by atoms with van der Waals surface area (Å²) in [4.78, 5) is 23.8. The highest BCUT2D eigenvalue weighted by atomic mass is 32.2. The van der Waals surface area contributed by atoms with Crippen LogP contribution in [-0.2, 0) is 26.2 Å². The largest absolute Gasteiger partial charge is 0.478 e. The number of hydrogen-bond donors (Lipinski definition) is 3. The Morgan fingerprint density at radius 3 is 1.85 bits per heavy atom. The second-order valence-corrected chi connectivity index (χ2v) is 9.11. The Balaban J connectivity index is 0.000000620. The first-order valence-corrected chi connectivity index (χ1v) is 12.7. The molecule has 0 saturated carbocycles. The molecule has 0 aliphatic heterocycles. The highest BCUT2D eigenvalue weighted by Crippen LogP contribution is 2.21. The smallest absolute Gasteiger partial charge is 0.328 e. The maximum atomic E-state index is 11.4. The Morgan fingerprint density at radius 1 is 0.882 bits per heavy atom. The number of carboxylic acid groups (broad SMARTS) is 2. The van der Waals surface area contributed by atoms with E-state index in [1.807, 2.05) is 30.3 Å². The zero-order valence-electron chi connectivity index (χ0n) is 19.7. The van der Waals surface area contributed by atoms with Crippen LogP contribution in [0.2, 0.25) is 0 Å². The summed E-state index contributed by atoms with van der Waals surface area (Å²) in [5.74, 6) is -2.51. The van der Waals surface area contributed by atoms with Gasteiger partial charge < -0.3 is 20.0 Å². The van der Waals surface area contributed by atoms with Gasteiger partial charge in [0.05, 0.1) is 6.26 Å². The van der Waals surface area contributed by atoms with E-state index in [4.69, 9.17) is 10.2 Å². The first kappa shape index (κ1) is 28.7. The molecular formula is C24H33N3O6S. The van der Waals surface area contributed by atoms with Crippen LogP contribution >= 0.6 is 0 Å². The molecule has 2 aromatic carbocycles. The van der Waals surface area contributed by atoms with E-state index in [0.29, 0.717) is 17.8 Å². The molecule has 0 aliphatic rings. The highest BCUT2D eigenvalue weighted by Gasteiger charge is 2.10. The summed E-state index contributed by atoms with van der Waals surface area (Å²) < 4.78 is 25.3. The van der Waals surface area contributed by atoms with Crippen molar-refractivity contribution in [2.24, 2.45) is 0 Å².